The van der Waals surface area contributed by atoms with Crippen LogP contribution in [0.1, 0.15) is 10.4 Å². The van der Waals surface area contributed by atoms with Crippen molar-refractivity contribution in [3.05, 3.63) is 66.2 Å². The first-order valence-electron chi connectivity index (χ1n) is 12.2. The summed E-state index contributed by atoms with van der Waals surface area (Å²) in [4.78, 5) is 22.1. The van der Waals surface area contributed by atoms with Crippen LogP contribution < -0.4 is 35.3 Å². The van der Waals surface area contributed by atoms with E-state index in [1.807, 2.05) is 6.07 Å². The van der Waals surface area contributed by atoms with Gasteiger partial charge in [0.1, 0.15) is 16.4 Å². The topological polar surface area (TPSA) is 156 Å². The van der Waals surface area contributed by atoms with Gasteiger partial charge in [0.25, 0.3) is 11.8 Å². The fourth-order valence-electron chi connectivity index (χ4n) is 3.95. The smallest absolute Gasteiger partial charge is 0.272 e. The SMILES string of the molecule is COc1cccc(C(=O)Nc2cccc(-c3noc(-c4sc(Nc5cc(OC)c(OC)c(OC)c5)nc4N)n3)c2)c1. The number of hydrogen-bond acceptors (Lipinski definition) is 12. The summed E-state index contributed by atoms with van der Waals surface area (Å²) >= 11 is 1.24. The van der Waals surface area contributed by atoms with Crippen LogP contribution in [0.25, 0.3) is 22.2 Å². The lowest BCUT2D eigenvalue weighted by Crippen LogP contribution is -2.11. The molecule has 0 saturated carbocycles. The summed E-state index contributed by atoms with van der Waals surface area (Å²) in [6.45, 7) is 0. The Labute approximate surface area is 239 Å². The zero-order chi connectivity index (χ0) is 28.9. The number of carbonyl (C=O) groups excluding carboxylic acids is 1. The molecule has 41 heavy (non-hydrogen) atoms. The van der Waals surface area contributed by atoms with Gasteiger partial charge in [0, 0.05) is 34.6 Å². The van der Waals surface area contributed by atoms with Gasteiger partial charge in [-0.2, -0.15) is 4.98 Å². The summed E-state index contributed by atoms with van der Waals surface area (Å²) < 4.78 is 26.9. The highest BCUT2D eigenvalue weighted by Crippen LogP contribution is 2.42. The van der Waals surface area contributed by atoms with Crippen molar-refractivity contribution in [1.82, 2.24) is 15.1 Å². The van der Waals surface area contributed by atoms with Crippen LogP contribution in [0.4, 0.5) is 22.3 Å². The molecular weight excluding hydrogens is 548 g/mol. The molecule has 0 atom stereocenters. The first kappa shape index (κ1) is 27.3. The molecule has 13 heteroatoms. The Morgan fingerprint density at radius 2 is 1.63 bits per heavy atom. The summed E-state index contributed by atoms with van der Waals surface area (Å²) in [6, 6.07) is 17.5. The van der Waals surface area contributed by atoms with Crippen LogP contribution in [0, 0.1) is 0 Å². The van der Waals surface area contributed by atoms with Crippen LogP contribution in [0.2, 0.25) is 0 Å². The number of amides is 1. The summed E-state index contributed by atoms with van der Waals surface area (Å²) in [7, 11) is 6.16. The maximum atomic E-state index is 12.7. The second-order valence-corrected chi connectivity index (χ2v) is 9.46. The molecule has 0 saturated heterocycles. The Bertz CT molecular complexity index is 1680. The van der Waals surface area contributed by atoms with Gasteiger partial charge < -0.3 is 39.8 Å². The van der Waals surface area contributed by atoms with E-state index in [0.29, 0.717) is 61.3 Å². The van der Waals surface area contributed by atoms with Crippen LogP contribution in [0.15, 0.2) is 65.2 Å². The van der Waals surface area contributed by atoms with Crippen LogP contribution in [-0.2, 0) is 0 Å². The van der Waals surface area contributed by atoms with Crippen molar-refractivity contribution in [2.24, 2.45) is 0 Å². The molecule has 12 nitrogen and oxygen atoms in total. The molecule has 4 N–H and O–H groups in total. The van der Waals surface area contributed by atoms with Crippen molar-refractivity contribution in [2.75, 3.05) is 44.8 Å². The van der Waals surface area contributed by atoms with E-state index in [0.717, 1.165) is 0 Å². The molecule has 1 amide bonds. The van der Waals surface area contributed by atoms with Gasteiger partial charge in [-0.25, -0.2) is 4.98 Å². The van der Waals surface area contributed by atoms with Gasteiger partial charge in [-0.05, 0) is 30.3 Å². The Balaban J connectivity index is 1.34. The standard InChI is InChI=1S/C28H26N6O6S/c1-36-19-10-6-8-16(12-19)26(35)30-17-9-5-7-15(11-17)25-33-27(40-34-25)23-24(29)32-28(41-23)31-18-13-20(37-2)22(39-4)21(14-18)38-3/h5-14H,29H2,1-4H3,(H,30,35)(H,31,32). The largest absolute Gasteiger partial charge is 0.497 e. The minimum atomic E-state index is -0.278. The van der Waals surface area contributed by atoms with Gasteiger partial charge in [0.2, 0.25) is 11.6 Å². The summed E-state index contributed by atoms with van der Waals surface area (Å²) in [5.74, 6) is 2.52. The number of aromatic nitrogens is 3. The van der Waals surface area contributed by atoms with E-state index in [1.54, 1.807) is 61.7 Å². The number of thiazole rings is 1. The van der Waals surface area contributed by atoms with Crippen LogP contribution in [-0.4, -0.2) is 49.5 Å². The predicted molar refractivity (Wildman–Crippen MR) is 156 cm³/mol. The van der Waals surface area contributed by atoms with E-state index in [9.17, 15) is 4.79 Å². The molecule has 0 aliphatic heterocycles. The Hall–Kier alpha value is -5.30. The number of nitrogen functional groups attached to an aromatic ring is 1. The number of anilines is 4. The summed E-state index contributed by atoms with van der Waals surface area (Å²) in [5.41, 5.74) is 8.52. The maximum Gasteiger partial charge on any atom is 0.272 e. The Kier molecular flexibility index (Phi) is 7.87. The van der Waals surface area contributed by atoms with E-state index in [4.69, 9.17) is 29.2 Å². The van der Waals surface area contributed by atoms with Crippen molar-refractivity contribution < 1.29 is 28.3 Å². The number of nitrogens with two attached hydrogens (primary N) is 1. The molecule has 0 bridgehead atoms. The summed E-state index contributed by atoms with van der Waals surface area (Å²) in [6.07, 6.45) is 0. The summed E-state index contributed by atoms with van der Waals surface area (Å²) in [5, 5.41) is 10.7. The molecule has 0 unspecified atom stereocenters. The third-order valence-electron chi connectivity index (χ3n) is 5.90. The normalized spacial score (nSPS) is 10.6. The van der Waals surface area contributed by atoms with Crippen LogP contribution in [0.3, 0.4) is 0 Å². The zero-order valence-electron chi connectivity index (χ0n) is 22.6. The lowest BCUT2D eigenvalue weighted by atomic mass is 10.1. The number of carbonyl (C=O) groups is 1. The average molecular weight is 575 g/mol. The van der Waals surface area contributed by atoms with Gasteiger partial charge in [-0.1, -0.05) is 34.7 Å². The van der Waals surface area contributed by atoms with Crippen molar-refractivity contribution >= 4 is 39.6 Å². The van der Waals surface area contributed by atoms with Gasteiger partial charge in [-0.3, -0.25) is 4.79 Å². The van der Waals surface area contributed by atoms with E-state index >= 15 is 0 Å². The van der Waals surface area contributed by atoms with Crippen LogP contribution in [0.5, 0.6) is 23.0 Å². The molecule has 2 aromatic heterocycles. The average Bonchev–Trinajstić information content (AvgIpc) is 3.63. The molecule has 0 aliphatic carbocycles. The Morgan fingerprint density at radius 3 is 2.34 bits per heavy atom. The molecule has 5 aromatic rings. The number of hydrogen-bond donors (Lipinski definition) is 3. The van der Waals surface area contributed by atoms with E-state index < -0.39 is 0 Å². The second-order valence-electron chi connectivity index (χ2n) is 8.46. The highest BCUT2D eigenvalue weighted by molar-refractivity contribution is 7.19. The Morgan fingerprint density at radius 1 is 0.878 bits per heavy atom. The quantitative estimate of drug-likeness (QED) is 0.194. The molecule has 2 heterocycles. The van der Waals surface area contributed by atoms with Crippen molar-refractivity contribution in [3.63, 3.8) is 0 Å². The zero-order valence-corrected chi connectivity index (χ0v) is 23.4. The lowest BCUT2D eigenvalue weighted by molar-refractivity contribution is 0.102. The van der Waals surface area contributed by atoms with E-state index in [-0.39, 0.29) is 17.6 Å². The molecule has 0 fully saturated rings. The fraction of sp³-hybridized carbons (Fsp3) is 0.143. The number of benzene rings is 3. The van der Waals surface area contributed by atoms with Crippen molar-refractivity contribution in [1.29, 1.82) is 0 Å². The molecule has 210 valence electrons. The molecule has 0 aliphatic rings. The number of nitrogens with zero attached hydrogens (tertiary/aromatic N) is 3. The molecule has 0 spiro atoms. The third kappa shape index (κ3) is 5.84. The van der Waals surface area contributed by atoms with Crippen molar-refractivity contribution in [3.8, 4) is 45.2 Å². The first-order chi connectivity index (χ1) is 19.9. The monoisotopic (exact) mass is 574 g/mol. The first-order valence-corrected chi connectivity index (χ1v) is 13.0. The van der Waals surface area contributed by atoms with E-state index in [1.165, 1.54) is 32.7 Å². The minimum absolute atomic E-state index is 0.207. The highest BCUT2D eigenvalue weighted by atomic mass is 32.1. The van der Waals surface area contributed by atoms with Gasteiger partial charge in [-0.15, -0.1) is 0 Å². The van der Waals surface area contributed by atoms with Gasteiger partial charge >= 0.3 is 0 Å². The fourth-order valence-corrected chi connectivity index (χ4v) is 4.78. The number of ether oxygens (including phenoxy) is 4. The lowest BCUT2D eigenvalue weighted by Gasteiger charge is -2.14. The second kappa shape index (κ2) is 11.8. The molecule has 3 aromatic carbocycles. The number of methoxy groups -OCH3 is 4. The van der Waals surface area contributed by atoms with Crippen LogP contribution >= 0.6 is 11.3 Å². The third-order valence-corrected chi connectivity index (χ3v) is 6.87. The van der Waals surface area contributed by atoms with Crippen molar-refractivity contribution in [2.45, 2.75) is 0 Å². The number of nitrogens with one attached hydrogen (secondary N) is 2. The molecule has 0 radical (unpaired) electrons. The predicted octanol–water partition coefficient (Wildman–Crippen LogP) is 5.47. The van der Waals surface area contributed by atoms with Gasteiger partial charge in [0.05, 0.1) is 28.4 Å². The number of rotatable bonds is 10. The maximum absolute atomic E-state index is 12.7. The van der Waals surface area contributed by atoms with Gasteiger partial charge in [0.15, 0.2) is 16.6 Å². The minimum Gasteiger partial charge on any atom is -0.497 e. The molecule has 5 rings (SSSR count). The highest BCUT2D eigenvalue weighted by Gasteiger charge is 2.20. The molecular formula is C28H26N6O6S. The van der Waals surface area contributed by atoms with E-state index in [2.05, 4.69) is 25.8 Å².